The largest absolute Gasteiger partial charge is 0.504 e. The highest BCUT2D eigenvalue weighted by atomic mass is 16.7. The average molecular weight is 603 g/mol. The van der Waals surface area contributed by atoms with Crippen molar-refractivity contribution < 1.29 is 69.1 Å². The molecule has 0 amide bonds. The Labute approximate surface area is 244 Å². The molecule has 0 spiro atoms. The van der Waals surface area contributed by atoms with E-state index in [0.29, 0.717) is 11.1 Å². The Morgan fingerprint density at radius 2 is 1.35 bits per heavy atom. The summed E-state index contributed by atoms with van der Waals surface area (Å²) < 4.78 is 21.0. The molecule has 230 valence electrons. The van der Waals surface area contributed by atoms with Gasteiger partial charge in [-0.3, -0.25) is 0 Å². The van der Waals surface area contributed by atoms with Crippen molar-refractivity contribution in [2.75, 3.05) is 13.2 Å². The first-order valence-corrected chi connectivity index (χ1v) is 12.7. The molecule has 2 aromatic rings. The van der Waals surface area contributed by atoms with E-state index < -0.39 is 66.7 Å². The quantitative estimate of drug-likeness (QED) is 0.0809. The van der Waals surface area contributed by atoms with Crippen molar-refractivity contribution in [3.8, 4) is 23.0 Å². The molecular formula is C29H30O14. The third-order valence-electron chi connectivity index (χ3n) is 6.03. The molecule has 1 aliphatic heterocycles. The number of aliphatic hydroxyl groups is 3. The minimum absolute atomic E-state index is 0.0673. The van der Waals surface area contributed by atoms with Crippen LogP contribution in [0.4, 0.5) is 0 Å². The second kappa shape index (κ2) is 14.8. The molecule has 1 aliphatic rings. The number of esters is 3. The Morgan fingerprint density at radius 3 is 1.86 bits per heavy atom. The summed E-state index contributed by atoms with van der Waals surface area (Å²) in [5.41, 5.74) is 0.529. The van der Waals surface area contributed by atoms with Crippen molar-refractivity contribution in [1.82, 2.24) is 0 Å². The van der Waals surface area contributed by atoms with Crippen molar-refractivity contribution in [3.63, 3.8) is 0 Å². The summed E-state index contributed by atoms with van der Waals surface area (Å²) >= 11 is 0. The van der Waals surface area contributed by atoms with Crippen LogP contribution in [0.1, 0.15) is 17.5 Å². The van der Waals surface area contributed by atoms with Crippen molar-refractivity contribution in [2.24, 2.45) is 0 Å². The molecule has 14 heteroatoms. The van der Waals surface area contributed by atoms with Gasteiger partial charge < -0.3 is 54.7 Å². The average Bonchev–Trinajstić information content (AvgIpc) is 2.97. The van der Waals surface area contributed by atoms with Crippen molar-refractivity contribution >= 4 is 30.1 Å². The van der Waals surface area contributed by atoms with E-state index in [-0.39, 0.29) is 30.1 Å². The number of aromatic hydroxyl groups is 4. The van der Waals surface area contributed by atoms with E-state index in [4.69, 9.17) is 24.1 Å². The van der Waals surface area contributed by atoms with Crippen LogP contribution in [0.25, 0.3) is 12.2 Å². The van der Waals surface area contributed by atoms with Crippen molar-refractivity contribution in [2.45, 2.75) is 37.1 Å². The predicted molar refractivity (Wildman–Crippen MR) is 146 cm³/mol. The van der Waals surface area contributed by atoms with Crippen LogP contribution < -0.4 is 0 Å². The highest BCUT2D eigenvalue weighted by Crippen LogP contribution is 2.28. The predicted octanol–water partition coefficient (Wildman–Crippen LogP) is 0.619. The molecule has 14 nitrogen and oxygen atoms in total. The van der Waals surface area contributed by atoms with Crippen LogP contribution in [0.2, 0.25) is 0 Å². The van der Waals surface area contributed by atoms with Gasteiger partial charge >= 0.3 is 17.9 Å². The molecule has 1 fully saturated rings. The lowest BCUT2D eigenvalue weighted by atomic mass is 9.99. The standard InChI is InChI=1S/C29H30O14/c1-15(10-11-30)28(39)40-14-22-25(37)26(38)27(42-23(35)8-4-16-2-6-18(31)20(33)12-16)29(41-22)43-24(36)9-5-17-3-7-19(32)21(34)13-17/h2-9,12-13,22,25-27,29-34,37-38H,1,10-11,14H2. The van der Waals surface area contributed by atoms with Gasteiger partial charge in [-0.2, -0.15) is 0 Å². The second-order valence-corrected chi connectivity index (χ2v) is 9.20. The fourth-order valence-electron chi connectivity index (χ4n) is 3.70. The SMILES string of the molecule is C=C(CCO)C(=O)OCC1OC(OC(=O)C=Cc2ccc(O)c(O)c2)C(OC(=O)C=Cc2ccc(O)c(O)c2)C(O)C1O. The molecule has 1 heterocycles. The normalized spacial score (nSPS) is 21.9. The summed E-state index contributed by atoms with van der Waals surface area (Å²) in [6.07, 6.45) is -4.56. The van der Waals surface area contributed by atoms with Crippen LogP contribution in [-0.2, 0) is 33.3 Å². The topological polar surface area (TPSA) is 230 Å². The summed E-state index contributed by atoms with van der Waals surface area (Å²) in [5.74, 6) is -4.69. The molecule has 0 aromatic heterocycles. The van der Waals surface area contributed by atoms with E-state index in [9.17, 15) is 45.0 Å². The van der Waals surface area contributed by atoms with Crippen LogP contribution >= 0.6 is 0 Å². The molecule has 43 heavy (non-hydrogen) atoms. The number of benzene rings is 2. The number of hydrogen-bond donors (Lipinski definition) is 7. The molecule has 0 aliphatic carbocycles. The van der Waals surface area contributed by atoms with Gasteiger partial charge in [-0.25, -0.2) is 14.4 Å². The van der Waals surface area contributed by atoms with Crippen LogP contribution in [0.3, 0.4) is 0 Å². The number of phenols is 4. The molecule has 5 unspecified atom stereocenters. The fraction of sp³-hybridized carbons (Fsp3) is 0.276. The molecule has 5 atom stereocenters. The van der Waals surface area contributed by atoms with Gasteiger partial charge in [-0.15, -0.1) is 0 Å². The van der Waals surface area contributed by atoms with E-state index in [1.54, 1.807) is 0 Å². The number of carbonyl (C=O) groups excluding carboxylic acids is 3. The number of aliphatic hydroxyl groups excluding tert-OH is 3. The van der Waals surface area contributed by atoms with Crippen LogP contribution in [0.5, 0.6) is 23.0 Å². The van der Waals surface area contributed by atoms with E-state index >= 15 is 0 Å². The molecule has 0 bridgehead atoms. The minimum Gasteiger partial charge on any atom is -0.504 e. The Balaban J connectivity index is 1.77. The number of rotatable bonds is 11. The maximum Gasteiger partial charge on any atom is 0.333 e. The maximum atomic E-state index is 12.6. The first-order valence-electron chi connectivity index (χ1n) is 12.7. The Hall–Kier alpha value is -4.89. The Kier molecular flexibility index (Phi) is 11.3. The first-order chi connectivity index (χ1) is 20.4. The lowest BCUT2D eigenvalue weighted by molar-refractivity contribution is -0.294. The van der Waals surface area contributed by atoms with Gasteiger partial charge in [0.05, 0.1) is 0 Å². The van der Waals surface area contributed by atoms with Crippen LogP contribution in [-0.4, -0.2) is 97.6 Å². The molecule has 3 rings (SSSR count). The molecule has 2 aromatic carbocycles. The smallest absolute Gasteiger partial charge is 0.333 e. The van der Waals surface area contributed by atoms with Crippen molar-refractivity contribution in [3.05, 3.63) is 71.8 Å². The summed E-state index contributed by atoms with van der Waals surface area (Å²) in [5, 5.41) is 68.4. The lowest BCUT2D eigenvalue weighted by Crippen LogP contribution is -2.61. The van der Waals surface area contributed by atoms with Crippen LogP contribution in [0.15, 0.2) is 60.7 Å². The van der Waals surface area contributed by atoms with Gasteiger partial charge in [-0.1, -0.05) is 18.7 Å². The summed E-state index contributed by atoms with van der Waals surface area (Å²) in [7, 11) is 0. The third kappa shape index (κ3) is 9.05. The van der Waals surface area contributed by atoms with Gasteiger partial charge in [0.1, 0.15) is 24.9 Å². The number of ether oxygens (including phenoxy) is 4. The number of phenolic OH excluding ortho intramolecular Hbond substituents is 4. The minimum atomic E-state index is -1.90. The fourth-order valence-corrected chi connectivity index (χ4v) is 3.70. The highest BCUT2D eigenvalue weighted by molar-refractivity contribution is 5.88. The second-order valence-electron chi connectivity index (χ2n) is 9.20. The monoisotopic (exact) mass is 602 g/mol. The van der Waals surface area contributed by atoms with Crippen molar-refractivity contribution in [1.29, 1.82) is 0 Å². The lowest BCUT2D eigenvalue weighted by Gasteiger charge is -2.40. The van der Waals surface area contributed by atoms with Crippen LogP contribution in [0, 0.1) is 0 Å². The van der Waals surface area contributed by atoms with Gasteiger partial charge in [-0.05, 0) is 47.5 Å². The zero-order valence-corrected chi connectivity index (χ0v) is 22.5. The molecule has 7 N–H and O–H groups in total. The van der Waals surface area contributed by atoms with E-state index in [1.807, 2.05) is 0 Å². The van der Waals surface area contributed by atoms with E-state index in [1.165, 1.54) is 36.4 Å². The summed E-state index contributed by atoms with van der Waals surface area (Å²) in [6, 6.07) is 7.46. The van der Waals surface area contributed by atoms with Gasteiger partial charge in [0.15, 0.2) is 29.1 Å². The Bertz CT molecular complexity index is 1400. The molecule has 0 saturated carbocycles. The zero-order chi connectivity index (χ0) is 31.7. The van der Waals surface area contributed by atoms with Gasteiger partial charge in [0.2, 0.25) is 6.29 Å². The van der Waals surface area contributed by atoms with Gasteiger partial charge in [0.25, 0.3) is 0 Å². The number of carbonyl (C=O) groups is 3. The third-order valence-corrected chi connectivity index (χ3v) is 6.03. The van der Waals surface area contributed by atoms with E-state index in [0.717, 1.165) is 24.3 Å². The van der Waals surface area contributed by atoms with Gasteiger partial charge in [0, 0.05) is 30.8 Å². The maximum absolute atomic E-state index is 12.6. The summed E-state index contributed by atoms with van der Waals surface area (Å²) in [6.45, 7) is 2.46. The molecule has 1 saturated heterocycles. The molecule has 0 radical (unpaired) electrons. The Morgan fingerprint density at radius 1 is 0.814 bits per heavy atom. The molecular weight excluding hydrogens is 572 g/mol. The van der Waals surface area contributed by atoms with E-state index in [2.05, 4.69) is 6.58 Å². The number of hydrogen-bond acceptors (Lipinski definition) is 14. The highest BCUT2D eigenvalue weighted by Gasteiger charge is 2.49. The summed E-state index contributed by atoms with van der Waals surface area (Å²) in [4.78, 5) is 37.2. The first kappa shape index (κ1) is 32.6. The zero-order valence-electron chi connectivity index (χ0n) is 22.5.